The fraction of sp³-hybridized carbons (Fsp3) is 1.00. The summed E-state index contributed by atoms with van der Waals surface area (Å²) in [5.41, 5.74) is 0.0850. The van der Waals surface area contributed by atoms with Crippen molar-refractivity contribution < 1.29 is 10.2 Å². The Balaban J connectivity index is 2.27. The Labute approximate surface area is 137 Å². The van der Waals surface area contributed by atoms with Gasteiger partial charge in [-0.2, -0.15) is 0 Å². The first-order chi connectivity index (χ1) is 10.0. The third-order valence-electron chi connectivity index (χ3n) is 7.25. The van der Waals surface area contributed by atoms with E-state index in [2.05, 4.69) is 41.5 Å². The maximum atomic E-state index is 10.5. The molecule has 0 aliphatic heterocycles. The summed E-state index contributed by atoms with van der Waals surface area (Å²) in [6, 6.07) is 0. The molecule has 2 nitrogen and oxygen atoms in total. The SMILES string of the molecule is CC[C@@H](C)CC[C@H]1[C@@H](C)CC[C@H]2C(C)(C)CC(O)(O)C[C@]12C. The molecule has 0 heterocycles. The van der Waals surface area contributed by atoms with Crippen LogP contribution in [0.3, 0.4) is 0 Å². The Hall–Kier alpha value is -0.0800. The highest BCUT2D eigenvalue weighted by Crippen LogP contribution is 2.63. The summed E-state index contributed by atoms with van der Waals surface area (Å²) < 4.78 is 0. The molecule has 0 saturated heterocycles. The average Bonchev–Trinajstić information content (AvgIpc) is 2.33. The minimum atomic E-state index is -1.49. The molecule has 22 heavy (non-hydrogen) atoms. The summed E-state index contributed by atoms with van der Waals surface area (Å²) >= 11 is 0. The lowest BCUT2D eigenvalue weighted by Crippen LogP contribution is -2.58. The molecule has 0 bridgehead atoms. The van der Waals surface area contributed by atoms with Gasteiger partial charge in [-0.15, -0.1) is 0 Å². The first kappa shape index (κ1) is 18.3. The summed E-state index contributed by atoms with van der Waals surface area (Å²) in [6.07, 6.45) is 7.40. The number of hydrogen-bond donors (Lipinski definition) is 2. The summed E-state index contributed by atoms with van der Waals surface area (Å²) in [6.45, 7) is 13.9. The van der Waals surface area contributed by atoms with Crippen LogP contribution in [-0.4, -0.2) is 16.0 Å². The van der Waals surface area contributed by atoms with Crippen LogP contribution >= 0.6 is 0 Å². The van der Waals surface area contributed by atoms with Crippen LogP contribution in [0.25, 0.3) is 0 Å². The molecule has 0 radical (unpaired) electrons. The van der Waals surface area contributed by atoms with Crippen molar-refractivity contribution in [2.24, 2.45) is 34.5 Å². The number of aliphatic hydroxyl groups is 2. The predicted octanol–water partition coefficient (Wildman–Crippen LogP) is 4.98. The first-order valence-electron chi connectivity index (χ1n) is 9.46. The topological polar surface area (TPSA) is 40.5 Å². The van der Waals surface area contributed by atoms with Crippen molar-refractivity contribution in [2.45, 2.75) is 92.3 Å². The van der Waals surface area contributed by atoms with E-state index in [0.29, 0.717) is 30.6 Å². The summed E-state index contributed by atoms with van der Waals surface area (Å²) in [5.74, 6) is 1.24. The van der Waals surface area contributed by atoms with E-state index in [1.807, 2.05) is 0 Å². The van der Waals surface area contributed by atoms with Crippen LogP contribution in [0.1, 0.15) is 86.5 Å². The van der Waals surface area contributed by atoms with E-state index >= 15 is 0 Å². The Morgan fingerprint density at radius 3 is 2.32 bits per heavy atom. The van der Waals surface area contributed by atoms with Gasteiger partial charge >= 0.3 is 0 Å². The molecule has 5 atom stereocenters. The number of fused-ring (bicyclic) bond motifs is 1. The fourth-order valence-corrected chi connectivity index (χ4v) is 6.21. The Morgan fingerprint density at radius 2 is 1.73 bits per heavy atom. The van der Waals surface area contributed by atoms with Crippen LogP contribution in [0.15, 0.2) is 0 Å². The van der Waals surface area contributed by atoms with Crippen LogP contribution in [0.2, 0.25) is 0 Å². The van der Waals surface area contributed by atoms with Crippen LogP contribution in [0.5, 0.6) is 0 Å². The third-order valence-corrected chi connectivity index (χ3v) is 7.25. The second kappa shape index (κ2) is 6.09. The first-order valence-corrected chi connectivity index (χ1v) is 9.46. The van der Waals surface area contributed by atoms with Gasteiger partial charge in [-0.1, -0.05) is 60.8 Å². The van der Waals surface area contributed by atoms with Crippen molar-refractivity contribution in [2.75, 3.05) is 0 Å². The normalized spacial score (nSPS) is 41.7. The minimum absolute atomic E-state index is 0.0191. The molecular formula is C20H38O2. The summed E-state index contributed by atoms with van der Waals surface area (Å²) in [4.78, 5) is 0. The molecule has 0 aromatic carbocycles. The zero-order chi connectivity index (χ0) is 16.8. The molecule has 2 N–H and O–H groups in total. The summed E-state index contributed by atoms with van der Waals surface area (Å²) in [7, 11) is 0. The second-order valence-electron chi connectivity index (χ2n) is 9.63. The van der Waals surface area contributed by atoms with Gasteiger partial charge in [0.1, 0.15) is 0 Å². The second-order valence-corrected chi connectivity index (χ2v) is 9.63. The van der Waals surface area contributed by atoms with Crippen LogP contribution in [0, 0.1) is 34.5 Å². The maximum Gasteiger partial charge on any atom is 0.163 e. The molecule has 2 aliphatic rings. The molecular weight excluding hydrogens is 272 g/mol. The van der Waals surface area contributed by atoms with Crippen molar-refractivity contribution in [1.29, 1.82) is 0 Å². The highest BCUT2D eigenvalue weighted by molar-refractivity contribution is 5.06. The molecule has 0 aromatic rings. The monoisotopic (exact) mass is 310 g/mol. The van der Waals surface area contributed by atoms with Gasteiger partial charge in [-0.25, -0.2) is 0 Å². The molecule has 130 valence electrons. The lowest BCUT2D eigenvalue weighted by atomic mass is 9.45. The van der Waals surface area contributed by atoms with E-state index in [4.69, 9.17) is 0 Å². The van der Waals surface area contributed by atoms with Crippen molar-refractivity contribution in [3.05, 3.63) is 0 Å². The summed E-state index contributed by atoms with van der Waals surface area (Å²) in [5, 5.41) is 21.0. The van der Waals surface area contributed by atoms with E-state index in [-0.39, 0.29) is 10.8 Å². The zero-order valence-electron chi connectivity index (χ0n) is 15.7. The molecule has 2 rings (SSSR count). The number of hydrogen-bond acceptors (Lipinski definition) is 2. The van der Waals surface area contributed by atoms with E-state index < -0.39 is 5.79 Å². The van der Waals surface area contributed by atoms with Crippen molar-refractivity contribution in [3.63, 3.8) is 0 Å². The molecule has 0 aromatic heterocycles. The minimum Gasteiger partial charge on any atom is -0.366 e. The van der Waals surface area contributed by atoms with E-state index in [1.165, 1.54) is 32.1 Å². The van der Waals surface area contributed by atoms with Gasteiger partial charge in [0.2, 0.25) is 0 Å². The smallest absolute Gasteiger partial charge is 0.163 e. The maximum absolute atomic E-state index is 10.5. The lowest BCUT2D eigenvalue weighted by molar-refractivity contribution is -0.266. The quantitative estimate of drug-likeness (QED) is 0.719. The zero-order valence-corrected chi connectivity index (χ0v) is 15.7. The van der Waals surface area contributed by atoms with E-state index in [9.17, 15) is 10.2 Å². The van der Waals surface area contributed by atoms with Gasteiger partial charge in [0.15, 0.2) is 5.79 Å². The van der Waals surface area contributed by atoms with Crippen LogP contribution < -0.4 is 0 Å². The van der Waals surface area contributed by atoms with Crippen molar-refractivity contribution >= 4 is 0 Å². The van der Waals surface area contributed by atoms with Crippen molar-refractivity contribution in [1.82, 2.24) is 0 Å². The molecule has 2 aliphatic carbocycles. The van der Waals surface area contributed by atoms with Gasteiger partial charge in [-0.05, 0) is 47.3 Å². The third kappa shape index (κ3) is 3.38. The van der Waals surface area contributed by atoms with Crippen molar-refractivity contribution in [3.8, 4) is 0 Å². The lowest BCUT2D eigenvalue weighted by Gasteiger charge is -2.61. The van der Waals surface area contributed by atoms with Gasteiger partial charge in [0, 0.05) is 12.8 Å². The van der Waals surface area contributed by atoms with Gasteiger partial charge in [0.25, 0.3) is 0 Å². The van der Waals surface area contributed by atoms with Gasteiger partial charge in [-0.3, -0.25) is 0 Å². The molecule has 2 fully saturated rings. The van der Waals surface area contributed by atoms with Crippen LogP contribution in [0.4, 0.5) is 0 Å². The highest BCUT2D eigenvalue weighted by Gasteiger charge is 2.59. The predicted molar refractivity (Wildman–Crippen MR) is 92.4 cm³/mol. The molecule has 2 heteroatoms. The standard InChI is InChI=1S/C20H38O2/c1-7-14(2)8-10-16-15(3)9-11-17-18(4,5)12-20(21,22)13-19(16,17)6/h14-17,21-22H,7-13H2,1-6H3/t14-,15+,16+,17+,19-/m1/s1. The average molecular weight is 311 g/mol. The van der Waals surface area contributed by atoms with Crippen LogP contribution in [-0.2, 0) is 0 Å². The largest absolute Gasteiger partial charge is 0.366 e. The van der Waals surface area contributed by atoms with Gasteiger partial charge in [0.05, 0.1) is 0 Å². The molecule has 2 saturated carbocycles. The Morgan fingerprint density at radius 1 is 1.09 bits per heavy atom. The van der Waals surface area contributed by atoms with Gasteiger partial charge < -0.3 is 10.2 Å². The Kier molecular flexibility index (Phi) is 5.06. The molecule has 0 spiro atoms. The van der Waals surface area contributed by atoms with E-state index in [0.717, 1.165) is 5.92 Å². The number of rotatable bonds is 4. The Bertz CT molecular complexity index is 387. The fourth-order valence-electron chi connectivity index (χ4n) is 6.21. The molecule has 0 amide bonds. The van der Waals surface area contributed by atoms with E-state index in [1.54, 1.807) is 0 Å². The molecule has 0 unspecified atom stereocenters. The highest BCUT2D eigenvalue weighted by atomic mass is 16.5.